The van der Waals surface area contributed by atoms with Gasteiger partial charge in [-0.2, -0.15) is 0 Å². The van der Waals surface area contributed by atoms with Gasteiger partial charge in [-0.3, -0.25) is 9.59 Å². The number of hydrogen-bond acceptors (Lipinski definition) is 5. The quantitative estimate of drug-likeness (QED) is 0.0346. The highest BCUT2D eigenvalue weighted by atomic mass is 16.6. The first kappa shape index (κ1) is 59.6. The molecule has 5 nitrogen and oxygen atoms in total. The van der Waals surface area contributed by atoms with Crippen LogP contribution in [0.2, 0.25) is 0 Å². The van der Waals surface area contributed by atoms with Gasteiger partial charge in [0.1, 0.15) is 6.61 Å². The summed E-state index contributed by atoms with van der Waals surface area (Å²) in [5.74, 6) is -0.418. The Morgan fingerprint density at radius 1 is 0.355 bits per heavy atom. The second kappa shape index (κ2) is 52.9. The molecule has 0 N–H and O–H groups in total. The summed E-state index contributed by atoms with van der Waals surface area (Å²) in [4.78, 5) is 25.4. The van der Waals surface area contributed by atoms with Crippen LogP contribution in [0.15, 0.2) is 60.8 Å². The van der Waals surface area contributed by atoms with E-state index in [9.17, 15) is 9.59 Å². The van der Waals surface area contributed by atoms with Crippen LogP contribution in [0.25, 0.3) is 0 Å². The van der Waals surface area contributed by atoms with Crippen LogP contribution in [0.5, 0.6) is 0 Å². The van der Waals surface area contributed by atoms with Crippen LogP contribution in [0.3, 0.4) is 0 Å². The molecule has 1 unspecified atom stereocenters. The molecule has 0 aromatic rings. The molecule has 0 aliphatic heterocycles. The Kier molecular flexibility index (Phi) is 50.9. The highest BCUT2D eigenvalue weighted by Gasteiger charge is 2.17. The van der Waals surface area contributed by atoms with E-state index in [0.717, 1.165) is 70.6 Å². The lowest BCUT2D eigenvalue weighted by Gasteiger charge is -2.18. The second-order valence-electron chi connectivity index (χ2n) is 17.8. The van der Waals surface area contributed by atoms with Gasteiger partial charge in [-0.1, -0.05) is 210 Å². The second-order valence-corrected chi connectivity index (χ2v) is 17.8. The Balaban J connectivity index is 4.28. The van der Waals surface area contributed by atoms with Gasteiger partial charge in [-0.25, -0.2) is 0 Å². The van der Waals surface area contributed by atoms with E-state index in [-0.39, 0.29) is 25.2 Å². The van der Waals surface area contributed by atoms with Crippen molar-refractivity contribution in [1.29, 1.82) is 0 Å². The van der Waals surface area contributed by atoms with E-state index in [1.807, 2.05) is 0 Å². The molecule has 0 saturated heterocycles. The van der Waals surface area contributed by atoms with Crippen molar-refractivity contribution in [3.8, 4) is 0 Å². The first-order valence-electron chi connectivity index (χ1n) is 26.8. The summed E-state index contributed by atoms with van der Waals surface area (Å²) in [6.07, 6.45) is 66.5. The van der Waals surface area contributed by atoms with Crippen molar-refractivity contribution in [3.05, 3.63) is 60.8 Å². The van der Waals surface area contributed by atoms with Crippen molar-refractivity contribution < 1.29 is 23.8 Å². The number of hydrogen-bond donors (Lipinski definition) is 0. The fraction of sp³-hybridized carbons (Fsp3) is 0.789. The van der Waals surface area contributed by atoms with Gasteiger partial charge in [-0.15, -0.1) is 0 Å². The molecule has 360 valence electrons. The summed E-state index contributed by atoms with van der Waals surface area (Å²) < 4.78 is 17.4. The van der Waals surface area contributed by atoms with E-state index in [1.54, 1.807) is 0 Å². The molecule has 0 heterocycles. The van der Waals surface area contributed by atoms with Crippen molar-refractivity contribution >= 4 is 11.9 Å². The van der Waals surface area contributed by atoms with Gasteiger partial charge in [0.15, 0.2) is 6.10 Å². The summed E-state index contributed by atoms with van der Waals surface area (Å²) in [7, 11) is 0. The largest absolute Gasteiger partial charge is 0.462 e. The van der Waals surface area contributed by atoms with Crippen LogP contribution in [0, 0.1) is 0 Å². The third-order valence-electron chi connectivity index (χ3n) is 11.5. The third kappa shape index (κ3) is 50.2. The van der Waals surface area contributed by atoms with Crippen molar-refractivity contribution in [2.24, 2.45) is 0 Å². The Morgan fingerprint density at radius 2 is 0.710 bits per heavy atom. The van der Waals surface area contributed by atoms with Crippen molar-refractivity contribution in [3.63, 3.8) is 0 Å². The van der Waals surface area contributed by atoms with Crippen LogP contribution < -0.4 is 0 Å². The molecule has 1 atom stereocenters. The molecule has 0 fully saturated rings. The molecule has 0 aliphatic rings. The Hall–Kier alpha value is -2.40. The fourth-order valence-electron chi connectivity index (χ4n) is 7.46. The summed E-state index contributed by atoms with van der Waals surface area (Å²) in [6.45, 7) is 7.72. The van der Waals surface area contributed by atoms with Gasteiger partial charge in [0.2, 0.25) is 0 Å². The van der Waals surface area contributed by atoms with Gasteiger partial charge < -0.3 is 14.2 Å². The van der Waals surface area contributed by atoms with Gasteiger partial charge in [0, 0.05) is 19.4 Å². The third-order valence-corrected chi connectivity index (χ3v) is 11.5. The first-order chi connectivity index (χ1) is 30.6. The predicted molar refractivity (Wildman–Crippen MR) is 270 cm³/mol. The smallest absolute Gasteiger partial charge is 0.306 e. The average molecular weight is 867 g/mol. The Labute approximate surface area is 385 Å². The highest BCUT2D eigenvalue weighted by Crippen LogP contribution is 2.14. The van der Waals surface area contributed by atoms with Crippen molar-refractivity contribution in [1.82, 2.24) is 0 Å². The minimum absolute atomic E-state index is 0.0730. The molecule has 0 saturated carbocycles. The first-order valence-corrected chi connectivity index (χ1v) is 26.8. The predicted octanol–water partition coefficient (Wildman–Crippen LogP) is 18.1. The maximum atomic E-state index is 12.8. The van der Waals surface area contributed by atoms with Crippen LogP contribution >= 0.6 is 0 Å². The van der Waals surface area contributed by atoms with Gasteiger partial charge in [-0.05, 0) is 103 Å². The maximum absolute atomic E-state index is 12.8. The lowest BCUT2D eigenvalue weighted by atomic mass is 10.1. The van der Waals surface area contributed by atoms with Crippen LogP contribution in [0.1, 0.15) is 265 Å². The van der Waals surface area contributed by atoms with Crippen molar-refractivity contribution in [2.75, 3.05) is 19.8 Å². The lowest BCUT2D eigenvalue weighted by molar-refractivity contribution is -0.163. The summed E-state index contributed by atoms with van der Waals surface area (Å²) >= 11 is 0. The standard InChI is InChI=1S/C57H102O5/c1-4-7-10-13-16-19-22-25-27-29-30-33-35-38-41-44-47-50-56(58)61-54-55(62-57(59)51-48-45-42-39-36-32-24-21-18-15-12-9-6-3)53-60-52-49-46-43-40-37-34-31-28-26-23-20-17-14-11-8-5-2/h12,15,17,20-21,24-28,55H,4-11,13-14,16,18-19,22-23,29-54H2,1-3H3/b15-12-,20-17-,24-21-,27-25-,28-26-. The van der Waals surface area contributed by atoms with Gasteiger partial charge in [0.25, 0.3) is 0 Å². The van der Waals surface area contributed by atoms with Crippen LogP contribution in [-0.4, -0.2) is 37.9 Å². The summed E-state index contributed by atoms with van der Waals surface area (Å²) in [6, 6.07) is 0. The highest BCUT2D eigenvalue weighted by molar-refractivity contribution is 5.70. The van der Waals surface area contributed by atoms with Gasteiger partial charge >= 0.3 is 11.9 Å². The molecule has 0 aliphatic carbocycles. The number of carbonyl (C=O) groups is 2. The Morgan fingerprint density at radius 3 is 1.18 bits per heavy atom. The molecule has 5 heteroatoms. The Bertz CT molecular complexity index is 1070. The average Bonchev–Trinajstić information content (AvgIpc) is 3.27. The fourth-order valence-corrected chi connectivity index (χ4v) is 7.46. The zero-order chi connectivity index (χ0) is 44.9. The van der Waals surface area contributed by atoms with E-state index in [4.69, 9.17) is 14.2 Å². The molecule has 0 bridgehead atoms. The number of allylic oxidation sites excluding steroid dienone is 10. The molecular weight excluding hydrogens is 765 g/mol. The number of rotatable bonds is 49. The molecule has 0 radical (unpaired) electrons. The molecule has 0 spiro atoms. The number of unbranched alkanes of at least 4 members (excludes halogenated alkanes) is 28. The zero-order valence-corrected chi connectivity index (χ0v) is 41.4. The molecule has 0 aromatic carbocycles. The van der Waals surface area contributed by atoms with Crippen LogP contribution in [0.4, 0.5) is 0 Å². The minimum Gasteiger partial charge on any atom is -0.462 e. The number of ether oxygens (including phenoxy) is 3. The van der Waals surface area contributed by atoms with Gasteiger partial charge in [0.05, 0.1) is 6.61 Å². The van der Waals surface area contributed by atoms with E-state index >= 15 is 0 Å². The zero-order valence-electron chi connectivity index (χ0n) is 41.4. The van der Waals surface area contributed by atoms with E-state index in [0.29, 0.717) is 19.4 Å². The van der Waals surface area contributed by atoms with Crippen LogP contribution in [-0.2, 0) is 23.8 Å². The summed E-state index contributed by atoms with van der Waals surface area (Å²) in [5.41, 5.74) is 0. The maximum Gasteiger partial charge on any atom is 0.306 e. The normalized spacial score (nSPS) is 12.6. The molecule has 0 aromatic heterocycles. The van der Waals surface area contributed by atoms with E-state index < -0.39 is 6.10 Å². The topological polar surface area (TPSA) is 61.8 Å². The number of carbonyl (C=O) groups excluding carboxylic acids is 2. The number of esters is 2. The SMILES string of the molecule is CCC/C=C\C/C=C\CCCCCCCC(=O)OC(COCCCCCCCC/C=C\C/C=C\CCCCC)COC(=O)CCCCCCCCC/C=C\CCCCCCCC. The monoisotopic (exact) mass is 867 g/mol. The molecule has 62 heavy (non-hydrogen) atoms. The van der Waals surface area contributed by atoms with E-state index in [1.165, 1.54) is 161 Å². The lowest BCUT2D eigenvalue weighted by Crippen LogP contribution is -2.30. The molecular formula is C57H102O5. The minimum atomic E-state index is -0.551. The van der Waals surface area contributed by atoms with Crippen molar-refractivity contribution in [2.45, 2.75) is 271 Å². The molecule has 0 amide bonds. The van der Waals surface area contributed by atoms with E-state index in [2.05, 4.69) is 81.5 Å². The summed E-state index contributed by atoms with van der Waals surface area (Å²) in [5, 5.41) is 0. The molecule has 0 rings (SSSR count).